The summed E-state index contributed by atoms with van der Waals surface area (Å²) in [5, 5.41) is 11.4. The Hall–Kier alpha value is -2.32. The molecule has 0 saturated heterocycles. The molecule has 0 saturated carbocycles. The minimum atomic E-state index is -0.418. The van der Waals surface area contributed by atoms with Crippen molar-refractivity contribution in [3.05, 3.63) is 63.1 Å². The zero-order valence-electron chi connectivity index (χ0n) is 14.8. The van der Waals surface area contributed by atoms with E-state index in [4.69, 9.17) is 9.73 Å². The van der Waals surface area contributed by atoms with Crippen LogP contribution in [-0.2, 0) is 4.79 Å². The molecule has 1 amide bonds. The van der Waals surface area contributed by atoms with Crippen molar-refractivity contribution >= 4 is 44.5 Å². The number of hydrogen-bond donors (Lipinski definition) is 1. The Morgan fingerprint density at radius 2 is 2.04 bits per heavy atom. The highest BCUT2D eigenvalue weighted by Gasteiger charge is 2.34. The second-order valence-corrected chi connectivity index (χ2v) is 8.09. The lowest BCUT2D eigenvalue weighted by Crippen LogP contribution is -2.50. The quantitative estimate of drug-likeness (QED) is 0.788. The van der Waals surface area contributed by atoms with E-state index in [2.05, 4.69) is 26.3 Å². The summed E-state index contributed by atoms with van der Waals surface area (Å²) in [6.07, 6.45) is -0.418. The first kappa shape index (κ1) is 18.1. The van der Waals surface area contributed by atoms with Crippen LogP contribution in [0.15, 0.2) is 57.0 Å². The van der Waals surface area contributed by atoms with Gasteiger partial charge in [0.15, 0.2) is 11.3 Å². The summed E-state index contributed by atoms with van der Waals surface area (Å²) in [6, 6.07) is 13.4. The third kappa shape index (κ3) is 3.35. The van der Waals surface area contributed by atoms with Crippen molar-refractivity contribution in [2.75, 3.05) is 12.9 Å². The van der Waals surface area contributed by atoms with Crippen LogP contribution in [-0.4, -0.2) is 28.9 Å². The van der Waals surface area contributed by atoms with E-state index in [-0.39, 0.29) is 5.91 Å². The van der Waals surface area contributed by atoms with Gasteiger partial charge in [-0.3, -0.25) is 15.1 Å². The van der Waals surface area contributed by atoms with E-state index in [9.17, 15) is 4.79 Å². The molecule has 1 atom stereocenters. The number of benzene rings is 2. The molecule has 0 bridgehead atoms. The molecule has 2 aromatic rings. The molecule has 0 spiro atoms. The van der Waals surface area contributed by atoms with E-state index in [0.29, 0.717) is 10.9 Å². The van der Waals surface area contributed by atoms with E-state index in [1.807, 2.05) is 49.4 Å². The Kier molecular flexibility index (Phi) is 4.92. The minimum absolute atomic E-state index is 0.172. The number of nitrogens with one attached hydrogen (secondary N) is 1. The Labute approximate surface area is 169 Å². The Balaban J connectivity index is 1.92. The molecule has 138 valence electrons. The number of nitrogens with zero attached hydrogens (tertiary/aromatic N) is 3. The Morgan fingerprint density at radius 1 is 1.26 bits per heavy atom. The molecule has 0 aromatic heterocycles. The van der Waals surface area contributed by atoms with Gasteiger partial charge in [0.2, 0.25) is 0 Å². The number of ether oxygens (including phenoxy) is 1. The first-order valence-corrected chi connectivity index (χ1v) is 10.2. The first-order valence-electron chi connectivity index (χ1n) is 8.44. The molecular weight excluding hydrogens is 428 g/mol. The topological polar surface area (TPSA) is 66.3 Å². The molecule has 0 aliphatic carbocycles. The second-order valence-electron chi connectivity index (χ2n) is 5.92. The molecule has 2 aliphatic heterocycles. The number of amidine groups is 1. The average molecular weight is 445 g/mol. The van der Waals surface area contributed by atoms with Crippen molar-refractivity contribution in [1.82, 2.24) is 10.3 Å². The maximum Gasteiger partial charge on any atom is 0.276 e. The third-order valence-corrected chi connectivity index (χ3v) is 5.50. The molecular formula is C19H17BrN4O2S. The predicted molar refractivity (Wildman–Crippen MR) is 110 cm³/mol. The smallest absolute Gasteiger partial charge is 0.276 e. The lowest BCUT2D eigenvalue weighted by molar-refractivity contribution is -0.116. The lowest BCUT2D eigenvalue weighted by Gasteiger charge is -2.34. The highest BCUT2D eigenvalue weighted by Crippen LogP contribution is 2.31. The van der Waals surface area contributed by atoms with Crippen LogP contribution in [0, 0.1) is 0 Å². The van der Waals surface area contributed by atoms with Crippen molar-refractivity contribution in [2.24, 2.45) is 10.1 Å². The fraction of sp³-hybridized carbons (Fsp3) is 0.211. The number of halogens is 1. The zero-order valence-corrected chi connectivity index (χ0v) is 17.2. The summed E-state index contributed by atoms with van der Waals surface area (Å²) in [5.41, 5.74) is 1.43. The fourth-order valence-electron chi connectivity index (χ4n) is 3.05. The van der Waals surface area contributed by atoms with Gasteiger partial charge in [-0.15, -0.1) is 5.10 Å². The largest absolute Gasteiger partial charge is 0.497 e. The molecule has 1 N–H and O–H groups in total. The van der Waals surface area contributed by atoms with Crippen LogP contribution in [0.4, 0.5) is 0 Å². The van der Waals surface area contributed by atoms with Crippen LogP contribution in [0.3, 0.4) is 0 Å². The van der Waals surface area contributed by atoms with Gasteiger partial charge < -0.3 is 4.74 Å². The number of rotatable bonds is 3. The number of hydrogen-bond acceptors (Lipinski definition) is 6. The average Bonchev–Trinajstić information content (AvgIpc) is 2.67. The zero-order chi connectivity index (χ0) is 19.0. The molecule has 2 aromatic carbocycles. The second kappa shape index (κ2) is 7.36. The summed E-state index contributed by atoms with van der Waals surface area (Å²) in [7, 11) is 1.63. The van der Waals surface area contributed by atoms with E-state index in [1.54, 1.807) is 12.1 Å². The van der Waals surface area contributed by atoms with Crippen molar-refractivity contribution in [3.63, 3.8) is 0 Å². The molecule has 1 unspecified atom stereocenters. The lowest BCUT2D eigenvalue weighted by atomic mass is 10.1. The van der Waals surface area contributed by atoms with E-state index in [1.165, 1.54) is 11.8 Å². The van der Waals surface area contributed by atoms with Gasteiger partial charge in [0, 0.05) is 9.69 Å². The van der Waals surface area contributed by atoms with Crippen LogP contribution < -0.4 is 20.6 Å². The van der Waals surface area contributed by atoms with Gasteiger partial charge in [-0.2, -0.15) is 0 Å². The van der Waals surface area contributed by atoms with Gasteiger partial charge in [0.1, 0.15) is 11.4 Å². The van der Waals surface area contributed by atoms with Crippen LogP contribution in [0.2, 0.25) is 0 Å². The molecule has 4 rings (SSSR count). The first-order chi connectivity index (χ1) is 13.1. The number of hydrazone groups is 1. The number of methoxy groups -OCH3 is 1. The van der Waals surface area contributed by atoms with Gasteiger partial charge in [0.05, 0.1) is 12.5 Å². The number of fused-ring (bicyclic) bond motifs is 2. The Bertz CT molecular complexity index is 1050. The van der Waals surface area contributed by atoms with Crippen molar-refractivity contribution in [3.8, 4) is 5.75 Å². The van der Waals surface area contributed by atoms with Gasteiger partial charge >= 0.3 is 0 Å². The maximum absolute atomic E-state index is 12.9. The SMILES string of the molecule is CCSC1=NN2C(=c3cc(Br)ccc3=NC2c2ccc(OC)cc2)C(=O)N1. The molecule has 2 heterocycles. The standard InChI is InChI=1S/C19H17BrN4O2S/c1-3-27-19-22-18(25)16-14-10-12(20)6-9-15(14)21-17(24(16)23-19)11-4-7-13(26-2)8-5-11/h4-10,17H,3H2,1-2H3,(H,22,23,25). The molecule has 27 heavy (non-hydrogen) atoms. The molecule has 0 radical (unpaired) electrons. The highest BCUT2D eigenvalue weighted by atomic mass is 79.9. The van der Waals surface area contributed by atoms with Crippen LogP contribution in [0.25, 0.3) is 5.70 Å². The number of thioether (sulfide) groups is 1. The number of carbonyl (C=O) groups is 1. The van der Waals surface area contributed by atoms with Crippen LogP contribution in [0.1, 0.15) is 18.7 Å². The van der Waals surface area contributed by atoms with Gasteiger partial charge in [0.25, 0.3) is 5.91 Å². The van der Waals surface area contributed by atoms with Crippen molar-refractivity contribution < 1.29 is 9.53 Å². The highest BCUT2D eigenvalue weighted by molar-refractivity contribution is 9.10. The van der Waals surface area contributed by atoms with Crippen LogP contribution in [0.5, 0.6) is 5.75 Å². The summed E-state index contributed by atoms with van der Waals surface area (Å²) in [4.78, 5) is 17.8. The van der Waals surface area contributed by atoms with E-state index >= 15 is 0 Å². The fourth-order valence-corrected chi connectivity index (χ4v) is 3.99. The normalized spacial score (nSPS) is 18.1. The molecule has 6 nitrogen and oxygen atoms in total. The summed E-state index contributed by atoms with van der Waals surface area (Å²) in [6.45, 7) is 2.02. The number of amides is 1. The summed E-state index contributed by atoms with van der Waals surface area (Å²) in [5.74, 6) is 1.41. The summed E-state index contributed by atoms with van der Waals surface area (Å²) < 4.78 is 6.14. The number of carbonyl (C=O) groups excluding carboxylic acids is 1. The monoisotopic (exact) mass is 444 g/mol. The molecule has 2 aliphatic rings. The van der Waals surface area contributed by atoms with Crippen molar-refractivity contribution in [1.29, 1.82) is 0 Å². The third-order valence-electron chi connectivity index (χ3n) is 4.26. The predicted octanol–water partition coefficient (Wildman–Crippen LogP) is 2.35. The maximum atomic E-state index is 12.9. The molecule has 8 heteroatoms. The molecule has 0 fully saturated rings. The van der Waals surface area contributed by atoms with E-state index < -0.39 is 6.17 Å². The van der Waals surface area contributed by atoms with Gasteiger partial charge in [-0.25, -0.2) is 5.01 Å². The van der Waals surface area contributed by atoms with E-state index in [0.717, 1.165) is 32.1 Å². The van der Waals surface area contributed by atoms with Gasteiger partial charge in [-0.1, -0.05) is 46.7 Å². The summed E-state index contributed by atoms with van der Waals surface area (Å²) >= 11 is 4.97. The van der Waals surface area contributed by atoms with Crippen LogP contribution >= 0.6 is 27.7 Å². The van der Waals surface area contributed by atoms with Gasteiger partial charge in [-0.05, 0) is 41.6 Å². The Morgan fingerprint density at radius 3 is 2.74 bits per heavy atom. The minimum Gasteiger partial charge on any atom is -0.497 e. The van der Waals surface area contributed by atoms with Crippen molar-refractivity contribution in [2.45, 2.75) is 13.1 Å².